The van der Waals surface area contributed by atoms with Gasteiger partial charge in [0.2, 0.25) is 0 Å². The summed E-state index contributed by atoms with van der Waals surface area (Å²) in [6.07, 6.45) is 2.64. The molecule has 94 valence electrons. The molecule has 1 aromatic carbocycles. The van der Waals surface area contributed by atoms with Crippen molar-refractivity contribution >= 4 is 0 Å². The van der Waals surface area contributed by atoms with E-state index < -0.39 is 0 Å². The Balaban J connectivity index is 2.05. The van der Waals surface area contributed by atoms with Crippen LogP contribution in [0.15, 0.2) is 18.2 Å². The largest absolute Gasteiger partial charge is 0.316 e. The molecule has 1 aromatic rings. The van der Waals surface area contributed by atoms with Crippen molar-refractivity contribution in [1.29, 1.82) is 0 Å². The quantitative estimate of drug-likeness (QED) is 0.861. The van der Waals surface area contributed by atoms with Gasteiger partial charge in [-0.25, -0.2) is 0 Å². The normalized spacial score (nSPS) is 21.7. The summed E-state index contributed by atoms with van der Waals surface area (Å²) in [4.78, 5) is 2.58. The Morgan fingerprint density at radius 2 is 2.00 bits per heavy atom. The maximum atomic E-state index is 3.41. The molecule has 0 spiro atoms. The van der Waals surface area contributed by atoms with E-state index in [9.17, 15) is 0 Å². The average molecular weight is 232 g/mol. The second kappa shape index (κ2) is 5.65. The maximum absolute atomic E-state index is 3.41. The van der Waals surface area contributed by atoms with Crippen LogP contribution in [0.5, 0.6) is 0 Å². The van der Waals surface area contributed by atoms with Gasteiger partial charge in [0, 0.05) is 19.1 Å². The summed E-state index contributed by atoms with van der Waals surface area (Å²) in [5.74, 6) is 0. The molecule has 1 unspecified atom stereocenters. The van der Waals surface area contributed by atoms with Gasteiger partial charge in [-0.2, -0.15) is 0 Å². The van der Waals surface area contributed by atoms with Gasteiger partial charge in [0.05, 0.1) is 0 Å². The van der Waals surface area contributed by atoms with Gasteiger partial charge in [-0.3, -0.25) is 4.90 Å². The van der Waals surface area contributed by atoms with E-state index in [1.807, 2.05) is 0 Å². The molecule has 2 nitrogen and oxygen atoms in total. The fraction of sp³-hybridized carbons (Fsp3) is 0.600. The first-order valence-electron chi connectivity index (χ1n) is 6.65. The van der Waals surface area contributed by atoms with Crippen LogP contribution in [-0.4, -0.2) is 31.1 Å². The van der Waals surface area contributed by atoms with E-state index in [0.29, 0.717) is 6.04 Å². The van der Waals surface area contributed by atoms with Crippen LogP contribution >= 0.6 is 0 Å². The van der Waals surface area contributed by atoms with Gasteiger partial charge in [-0.15, -0.1) is 0 Å². The molecule has 1 atom stereocenters. The predicted molar refractivity (Wildman–Crippen MR) is 73.3 cm³/mol. The standard InChI is InChI=1S/C15H24N2/c1-12-6-4-7-13(2)15(12)11-17-9-5-8-14(10-17)16-3/h4,6-7,14,16H,5,8-11H2,1-3H3. The molecular weight excluding hydrogens is 208 g/mol. The second-order valence-corrected chi connectivity index (χ2v) is 5.23. The molecule has 1 N–H and O–H groups in total. The summed E-state index contributed by atoms with van der Waals surface area (Å²) in [7, 11) is 2.08. The molecule has 0 aromatic heterocycles. The highest BCUT2D eigenvalue weighted by atomic mass is 15.2. The van der Waals surface area contributed by atoms with Gasteiger partial charge in [0.25, 0.3) is 0 Å². The molecule has 0 aliphatic carbocycles. The Bertz CT molecular complexity index is 353. The lowest BCUT2D eigenvalue weighted by Crippen LogP contribution is -2.44. The van der Waals surface area contributed by atoms with Crippen molar-refractivity contribution in [3.63, 3.8) is 0 Å². The van der Waals surface area contributed by atoms with Crippen molar-refractivity contribution in [2.75, 3.05) is 20.1 Å². The van der Waals surface area contributed by atoms with Crippen molar-refractivity contribution in [3.05, 3.63) is 34.9 Å². The van der Waals surface area contributed by atoms with Gasteiger partial charge in [0.15, 0.2) is 0 Å². The van der Waals surface area contributed by atoms with Gasteiger partial charge >= 0.3 is 0 Å². The molecule has 0 saturated carbocycles. The van der Waals surface area contributed by atoms with Crippen LogP contribution in [-0.2, 0) is 6.54 Å². The minimum absolute atomic E-state index is 0.674. The topological polar surface area (TPSA) is 15.3 Å². The van der Waals surface area contributed by atoms with E-state index in [1.165, 1.54) is 42.6 Å². The Morgan fingerprint density at radius 1 is 1.29 bits per heavy atom. The van der Waals surface area contributed by atoms with E-state index in [2.05, 4.69) is 49.3 Å². The highest BCUT2D eigenvalue weighted by molar-refractivity contribution is 5.33. The number of nitrogens with zero attached hydrogens (tertiary/aromatic N) is 1. The first kappa shape index (κ1) is 12.6. The smallest absolute Gasteiger partial charge is 0.0239 e. The number of hydrogen-bond acceptors (Lipinski definition) is 2. The van der Waals surface area contributed by atoms with E-state index >= 15 is 0 Å². The number of likely N-dealkylation sites (tertiary alicyclic amines) is 1. The van der Waals surface area contributed by atoms with Crippen molar-refractivity contribution in [1.82, 2.24) is 10.2 Å². The van der Waals surface area contributed by atoms with Crippen molar-refractivity contribution in [3.8, 4) is 0 Å². The Hall–Kier alpha value is -0.860. The highest BCUT2D eigenvalue weighted by Gasteiger charge is 2.19. The summed E-state index contributed by atoms with van der Waals surface area (Å²) in [6, 6.07) is 7.28. The Kier molecular flexibility index (Phi) is 4.19. The van der Waals surface area contributed by atoms with Crippen LogP contribution in [0.3, 0.4) is 0 Å². The zero-order chi connectivity index (χ0) is 12.3. The number of rotatable bonds is 3. The van der Waals surface area contributed by atoms with Gasteiger partial charge in [-0.05, 0) is 57.0 Å². The zero-order valence-electron chi connectivity index (χ0n) is 11.3. The number of nitrogens with one attached hydrogen (secondary N) is 1. The van der Waals surface area contributed by atoms with Crippen molar-refractivity contribution < 1.29 is 0 Å². The summed E-state index contributed by atoms with van der Waals surface area (Å²) < 4.78 is 0. The molecule has 1 aliphatic heterocycles. The first-order valence-corrected chi connectivity index (χ1v) is 6.65. The van der Waals surface area contributed by atoms with Crippen molar-refractivity contribution in [2.24, 2.45) is 0 Å². The number of benzene rings is 1. The van der Waals surface area contributed by atoms with Crippen LogP contribution in [0, 0.1) is 13.8 Å². The van der Waals surface area contributed by atoms with Crippen LogP contribution in [0.4, 0.5) is 0 Å². The zero-order valence-corrected chi connectivity index (χ0v) is 11.3. The van der Waals surface area contributed by atoms with E-state index in [1.54, 1.807) is 0 Å². The molecule has 0 amide bonds. The van der Waals surface area contributed by atoms with Gasteiger partial charge < -0.3 is 5.32 Å². The minimum atomic E-state index is 0.674. The van der Waals surface area contributed by atoms with Gasteiger partial charge in [-0.1, -0.05) is 18.2 Å². The second-order valence-electron chi connectivity index (χ2n) is 5.23. The molecule has 17 heavy (non-hydrogen) atoms. The minimum Gasteiger partial charge on any atom is -0.316 e. The lowest BCUT2D eigenvalue weighted by molar-refractivity contribution is 0.187. The van der Waals surface area contributed by atoms with Crippen molar-refractivity contribution in [2.45, 2.75) is 39.3 Å². The summed E-state index contributed by atoms with van der Waals surface area (Å²) in [5, 5.41) is 3.41. The molecule has 0 radical (unpaired) electrons. The molecule has 0 bridgehead atoms. The predicted octanol–water partition coefficient (Wildman–Crippen LogP) is 2.49. The Labute approximate surface area is 105 Å². The van der Waals surface area contributed by atoms with Crippen LogP contribution < -0.4 is 5.32 Å². The third-order valence-electron chi connectivity index (χ3n) is 3.94. The lowest BCUT2D eigenvalue weighted by atomic mass is 10.00. The summed E-state index contributed by atoms with van der Waals surface area (Å²) in [6.45, 7) is 7.98. The third-order valence-corrected chi connectivity index (χ3v) is 3.94. The molecule has 1 aliphatic rings. The highest BCUT2D eigenvalue weighted by Crippen LogP contribution is 2.18. The number of aryl methyl sites for hydroxylation is 2. The molecule has 2 rings (SSSR count). The SMILES string of the molecule is CNC1CCCN(Cc2c(C)cccc2C)C1. The first-order chi connectivity index (χ1) is 8.20. The van der Waals surface area contributed by atoms with E-state index in [4.69, 9.17) is 0 Å². The van der Waals surface area contributed by atoms with Crippen LogP contribution in [0.2, 0.25) is 0 Å². The number of likely N-dealkylation sites (N-methyl/N-ethyl adjacent to an activating group) is 1. The molecule has 2 heteroatoms. The van der Waals surface area contributed by atoms with E-state index in [0.717, 1.165) is 6.54 Å². The molecule has 1 fully saturated rings. The van der Waals surface area contributed by atoms with Gasteiger partial charge in [0.1, 0.15) is 0 Å². The lowest BCUT2D eigenvalue weighted by Gasteiger charge is -2.33. The molecular formula is C15H24N2. The monoisotopic (exact) mass is 232 g/mol. The van der Waals surface area contributed by atoms with Crippen LogP contribution in [0.1, 0.15) is 29.5 Å². The summed E-state index contributed by atoms with van der Waals surface area (Å²) >= 11 is 0. The summed E-state index contributed by atoms with van der Waals surface area (Å²) in [5.41, 5.74) is 4.37. The Morgan fingerprint density at radius 3 is 2.65 bits per heavy atom. The van der Waals surface area contributed by atoms with Crippen LogP contribution in [0.25, 0.3) is 0 Å². The average Bonchev–Trinajstić information content (AvgIpc) is 2.34. The van der Waals surface area contributed by atoms with E-state index in [-0.39, 0.29) is 0 Å². The molecule has 1 saturated heterocycles. The number of piperidine rings is 1. The fourth-order valence-electron chi connectivity index (χ4n) is 2.76. The third kappa shape index (κ3) is 3.08. The molecule has 1 heterocycles. The number of hydrogen-bond donors (Lipinski definition) is 1. The maximum Gasteiger partial charge on any atom is 0.0239 e. The fourth-order valence-corrected chi connectivity index (χ4v) is 2.76.